The van der Waals surface area contributed by atoms with Crippen molar-refractivity contribution in [1.82, 2.24) is 9.97 Å². The predicted octanol–water partition coefficient (Wildman–Crippen LogP) is 2.05. The van der Waals surface area contributed by atoms with E-state index in [0.29, 0.717) is 11.4 Å². The molecule has 2 rings (SSSR count). The molecule has 0 unspecified atom stereocenters. The monoisotopic (exact) mass is 243 g/mol. The minimum absolute atomic E-state index is 0.259. The van der Waals surface area contributed by atoms with Gasteiger partial charge in [0, 0.05) is 11.4 Å². The van der Waals surface area contributed by atoms with Crippen LogP contribution in [0.15, 0.2) is 36.7 Å². The second-order valence-corrected chi connectivity index (χ2v) is 3.73. The maximum absolute atomic E-state index is 11.9. The highest BCUT2D eigenvalue weighted by Gasteiger charge is 2.07. The quantitative estimate of drug-likeness (QED) is 0.896. The number of nitrogens with one attached hydrogen (secondary N) is 1. The number of nitrogens with zero attached hydrogens (tertiary/aromatic N) is 2. The fourth-order valence-corrected chi connectivity index (χ4v) is 1.45. The second kappa shape index (κ2) is 5.27. The Bertz CT molecular complexity index is 552. The van der Waals surface area contributed by atoms with Gasteiger partial charge in [-0.2, -0.15) is 0 Å². The Morgan fingerprint density at radius 3 is 2.56 bits per heavy atom. The molecule has 1 amide bonds. The van der Waals surface area contributed by atoms with Gasteiger partial charge in [0.25, 0.3) is 5.91 Å². The molecule has 2 aromatic rings. The van der Waals surface area contributed by atoms with Gasteiger partial charge in [0.15, 0.2) is 0 Å². The van der Waals surface area contributed by atoms with E-state index in [1.807, 2.05) is 6.92 Å². The number of carbonyl (C=O) groups is 1. The lowest BCUT2D eigenvalue weighted by Gasteiger charge is -2.05. The molecule has 1 N–H and O–H groups in total. The minimum atomic E-state index is -0.259. The van der Waals surface area contributed by atoms with Crippen molar-refractivity contribution < 1.29 is 9.53 Å². The van der Waals surface area contributed by atoms with E-state index < -0.39 is 0 Å². The molecule has 0 saturated carbocycles. The molecule has 0 bridgehead atoms. The van der Waals surface area contributed by atoms with Crippen molar-refractivity contribution in [1.29, 1.82) is 0 Å². The fourth-order valence-electron chi connectivity index (χ4n) is 1.45. The maximum Gasteiger partial charge on any atom is 0.274 e. The molecular weight excluding hydrogens is 230 g/mol. The van der Waals surface area contributed by atoms with Gasteiger partial charge in [-0.3, -0.25) is 4.79 Å². The van der Waals surface area contributed by atoms with Crippen molar-refractivity contribution in [3.8, 4) is 5.75 Å². The zero-order chi connectivity index (χ0) is 13.0. The van der Waals surface area contributed by atoms with Crippen molar-refractivity contribution >= 4 is 11.6 Å². The maximum atomic E-state index is 11.9. The van der Waals surface area contributed by atoms with Gasteiger partial charge < -0.3 is 10.1 Å². The van der Waals surface area contributed by atoms with Gasteiger partial charge in [0.2, 0.25) is 0 Å². The number of aromatic nitrogens is 2. The van der Waals surface area contributed by atoms with Crippen LogP contribution in [0.5, 0.6) is 5.75 Å². The number of ether oxygens (including phenoxy) is 1. The first-order valence-electron chi connectivity index (χ1n) is 5.43. The Morgan fingerprint density at radius 1 is 1.22 bits per heavy atom. The van der Waals surface area contributed by atoms with Crippen molar-refractivity contribution in [3.05, 3.63) is 48.0 Å². The van der Waals surface area contributed by atoms with Gasteiger partial charge in [0.05, 0.1) is 7.11 Å². The molecule has 0 saturated heterocycles. The first kappa shape index (κ1) is 12.0. The molecule has 0 aliphatic carbocycles. The molecule has 0 spiro atoms. The van der Waals surface area contributed by atoms with Crippen LogP contribution in [-0.2, 0) is 0 Å². The van der Waals surface area contributed by atoms with Gasteiger partial charge in [-0.15, -0.1) is 0 Å². The summed E-state index contributed by atoms with van der Waals surface area (Å²) in [5.74, 6) is 0.483. The first-order chi connectivity index (χ1) is 8.69. The third-order valence-corrected chi connectivity index (χ3v) is 2.38. The van der Waals surface area contributed by atoms with E-state index >= 15 is 0 Å². The molecule has 18 heavy (non-hydrogen) atoms. The van der Waals surface area contributed by atoms with Gasteiger partial charge in [-0.1, -0.05) is 0 Å². The van der Waals surface area contributed by atoms with Gasteiger partial charge in [-0.25, -0.2) is 9.97 Å². The highest BCUT2D eigenvalue weighted by atomic mass is 16.5. The SMILES string of the molecule is COc1ccc(NC(=O)c2cc(C)ncn2)cc1. The van der Waals surface area contributed by atoms with Gasteiger partial charge in [-0.05, 0) is 37.3 Å². The van der Waals surface area contributed by atoms with Crippen LogP contribution in [0, 0.1) is 6.92 Å². The first-order valence-corrected chi connectivity index (χ1v) is 5.43. The van der Waals surface area contributed by atoms with E-state index in [-0.39, 0.29) is 5.91 Å². The molecule has 5 heteroatoms. The molecule has 5 nitrogen and oxygen atoms in total. The molecule has 0 aliphatic heterocycles. The molecule has 92 valence electrons. The lowest BCUT2D eigenvalue weighted by atomic mass is 10.2. The van der Waals surface area contributed by atoms with Gasteiger partial charge in [0.1, 0.15) is 17.8 Å². The Labute approximate surface area is 105 Å². The normalized spacial score (nSPS) is 9.89. The van der Waals surface area contributed by atoms with E-state index in [0.717, 1.165) is 11.4 Å². The third kappa shape index (κ3) is 2.82. The summed E-state index contributed by atoms with van der Waals surface area (Å²) in [7, 11) is 1.59. The van der Waals surface area contributed by atoms with Crippen LogP contribution in [-0.4, -0.2) is 23.0 Å². The van der Waals surface area contributed by atoms with E-state index in [2.05, 4.69) is 15.3 Å². The smallest absolute Gasteiger partial charge is 0.274 e. The molecule has 1 aromatic carbocycles. The van der Waals surface area contributed by atoms with Crippen LogP contribution in [0.2, 0.25) is 0 Å². The number of anilines is 1. The van der Waals surface area contributed by atoms with E-state index in [1.54, 1.807) is 37.4 Å². The number of amides is 1. The fraction of sp³-hybridized carbons (Fsp3) is 0.154. The topological polar surface area (TPSA) is 64.1 Å². The Morgan fingerprint density at radius 2 is 1.94 bits per heavy atom. The zero-order valence-electron chi connectivity index (χ0n) is 10.2. The van der Waals surface area contributed by atoms with E-state index in [4.69, 9.17) is 4.74 Å². The Kier molecular flexibility index (Phi) is 3.52. The molecule has 0 atom stereocenters. The van der Waals surface area contributed by atoms with Crippen molar-refractivity contribution in [2.75, 3.05) is 12.4 Å². The van der Waals surface area contributed by atoms with E-state index in [1.165, 1.54) is 6.33 Å². The van der Waals surface area contributed by atoms with Gasteiger partial charge >= 0.3 is 0 Å². The van der Waals surface area contributed by atoms with Crippen LogP contribution in [0.3, 0.4) is 0 Å². The summed E-state index contributed by atoms with van der Waals surface area (Å²) < 4.78 is 5.04. The van der Waals surface area contributed by atoms with Crippen molar-refractivity contribution in [2.24, 2.45) is 0 Å². The average molecular weight is 243 g/mol. The number of carbonyl (C=O) groups excluding carboxylic acids is 1. The number of hydrogen-bond donors (Lipinski definition) is 1. The molecule has 1 heterocycles. The van der Waals surface area contributed by atoms with Crippen LogP contribution < -0.4 is 10.1 Å². The summed E-state index contributed by atoms with van der Waals surface area (Å²) in [6.45, 7) is 1.81. The summed E-state index contributed by atoms with van der Waals surface area (Å²) in [5, 5.41) is 2.75. The molecule has 0 aliphatic rings. The van der Waals surface area contributed by atoms with Crippen LogP contribution in [0.1, 0.15) is 16.2 Å². The van der Waals surface area contributed by atoms with Crippen molar-refractivity contribution in [2.45, 2.75) is 6.92 Å². The van der Waals surface area contributed by atoms with Crippen LogP contribution in [0.4, 0.5) is 5.69 Å². The number of hydrogen-bond acceptors (Lipinski definition) is 4. The Hall–Kier alpha value is -2.43. The number of methoxy groups -OCH3 is 1. The second-order valence-electron chi connectivity index (χ2n) is 3.73. The van der Waals surface area contributed by atoms with Crippen molar-refractivity contribution in [3.63, 3.8) is 0 Å². The summed E-state index contributed by atoms with van der Waals surface area (Å²) in [6.07, 6.45) is 1.37. The molecule has 0 fully saturated rings. The zero-order valence-corrected chi connectivity index (χ0v) is 10.2. The largest absolute Gasteiger partial charge is 0.497 e. The summed E-state index contributed by atoms with van der Waals surface area (Å²) in [4.78, 5) is 19.8. The highest BCUT2D eigenvalue weighted by Crippen LogP contribution is 2.15. The minimum Gasteiger partial charge on any atom is -0.497 e. The highest BCUT2D eigenvalue weighted by molar-refractivity contribution is 6.02. The molecule has 0 radical (unpaired) electrons. The standard InChI is InChI=1S/C13H13N3O2/c1-9-7-12(15-8-14-9)13(17)16-10-3-5-11(18-2)6-4-10/h3-8H,1-2H3,(H,16,17). The van der Waals surface area contributed by atoms with Crippen LogP contribution in [0.25, 0.3) is 0 Å². The summed E-state index contributed by atoms with van der Waals surface area (Å²) in [6, 6.07) is 8.73. The average Bonchev–Trinajstić information content (AvgIpc) is 2.39. The lowest BCUT2D eigenvalue weighted by Crippen LogP contribution is -2.14. The summed E-state index contributed by atoms with van der Waals surface area (Å²) in [5.41, 5.74) is 1.79. The molecular formula is C13H13N3O2. The van der Waals surface area contributed by atoms with Crippen LogP contribution >= 0.6 is 0 Å². The summed E-state index contributed by atoms with van der Waals surface area (Å²) >= 11 is 0. The number of benzene rings is 1. The third-order valence-electron chi connectivity index (χ3n) is 2.38. The lowest BCUT2D eigenvalue weighted by molar-refractivity contribution is 0.102. The number of rotatable bonds is 3. The predicted molar refractivity (Wildman–Crippen MR) is 67.7 cm³/mol. The molecule has 1 aromatic heterocycles. The van der Waals surface area contributed by atoms with E-state index in [9.17, 15) is 4.79 Å². The number of aryl methyl sites for hydroxylation is 1. The Balaban J connectivity index is 2.11.